The van der Waals surface area contributed by atoms with Crippen molar-refractivity contribution in [2.45, 2.75) is 82.7 Å². The van der Waals surface area contributed by atoms with Crippen LogP contribution in [-0.4, -0.2) is 30.4 Å². The second-order valence-corrected chi connectivity index (χ2v) is 10.9. The maximum atomic E-state index is 14.6. The summed E-state index contributed by atoms with van der Waals surface area (Å²) in [6, 6.07) is 15.4. The highest BCUT2D eigenvalue weighted by Gasteiger charge is 2.51. The van der Waals surface area contributed by atoms with E-state index in [0.717, 1.165) is 39.0 Å². The van der Waals surface area contributed by atoms with Crippen molar-refractivity contribution in [1.29, 1.82) is 0 Å². The zero-order valence-corrected chi connectivity index (χ0v) is 20.8. The first-order valence-corrected chi connectivity index (χ1v) is 13.5. The Kier molecular flexibility index (Phi) is 7.08. The van der Waals surface area contributed by atoms with E-state index in [1.54, 1.807) is 0 Å². The molecule has 1 atom stereocenters. The highest BCUT2D eigenvalue weighted by atomic mass is 16.2. The second kappa shape index (κ2) is 10.2. The minimum atomic E-state index is -0.420. The van der Waals surface area contributed by atoms with Crippen LogP contribution in [0.5, 0.6) is 0 Å². The van der Waals surface area contributed by atoms with Gasteiger partial charge in [-0.2, -0.15) is 0 Å². The molecule has 3 N–H and O–H groups in total. The van der Waals surface area contributed by atoms with Crippen LogP contribution in [0.4, 0.5) is 0 Å². The summed E-state index contributed by atoms with van der Waals surface area (Å²) in [6.07, 6.45) is 9.53. The highest BCUT2D eigenvalue weighted by molar-refractivity contribution is 5.90. The maximum absolute atomic E-state index is 14.6. The van der Waals surface area contributed by atoms with Crippen molar-refractivity contribution in [3.05, 3.63) is 70.3 Å². The summed E-state index contributed by atoms with van der Waals surface area (Å²) in [7, 11) is 0. The summed E-state index contributed by atoms with van der Waals surface area (Å²) in [6.45, 7) is 6.16. The standard InChI is InChI=1S/C30H41N3O/c1-22-8-6-13-28-27(22)20-32-21-30(28,26-11-4-2-3-5-12-26)29(34)33-16-14-24(15-17-33)25-10-7-9-23(18-25)19-31/h6-10,13,18,24,26,32H,2-5,11-12,14-17,19-21,31H2,1H3. The Morgan fingerprint density at radius 1 is 1.03 bits per heavy atom. The van der Waals surface area contributed by atoms with Crippen LogP contribution in [0, 0.1) is 12.8 Å². The SMILES string of the molecule is Cc1cccc2c1CNCC2(C(=O)N1CCC(c2cccc(CN)c2)CC1)C1CCCCCC1. The number of nitrogens with two attached hydrogens (primary N) is 1. The number of amides is 1. The lowest BCUT2D eigenvalue weighted by Gasteiger charge is -2.48. The van der Waals surface area contributed by atoms with Gasteiger partial charge in [0.15, 0.2) is 0 Å². The van der Waals surface area contributed by atoms with Crippen molar-refractivity contribution in [3.63, 3.8) is 0 Å². The van der Waals surface area contributed by atoms with Gasteiger partial charge >= 0.3 is 0 Å². The molecule has 4 nitrogen and oxygen atoms in total. The topological polar surface area (TPSA) is 58.4 Å². The van der Waals surface area contributed by atoms with E-state index in [9.17, 15) is 4.79 Å². The Bertz CT molecular complexity index is 1000. The molecular weight excluding hydrogens is 418 g/mol. The molecule has 1 saturated carbocycles. The Morgan fingerprint density at radius 2 is 1.76 bits per heavy atom. The molecule has 1 amide bonds. The lowest BCUT2D eigenvalue weighted by Crippen LogP contribution is -2.59. The van der Waals surface area contributed by atoms with E-state index in [4.69, 9.17) is 5.73 Å². The van der Waals surface area contributed by atoms with Gasteiger partial charge < -0.3 is 16.0 Å². The Morgan fingerprint density at radius 3 is 2.50 bits per heavy atom. The van der Waals surface area contributed by atoms with Crippen LogP contribution in [0.15, 0.2) is 42.5 Å². The first-order chi connectivity index (χ1) is 16.6. The number of carbonyl (C=O) groups is 1. The van der Waals surface area contributed by atoms with E-state index in [1.165, 1.54) is 66.3 Å². The molecule has 1 unspecified atom stereocenters. The van der Waals surface area contributed by atoms with Crippen molar-refractivity contribution >= 4 is 5.91 Å². The number of hydrogen-bond donors (Lipinski definition) is 2. The number of nitrogens with zero attached hydrogens (tertiary/aromatic N) is 1. The quantitative estimate of drug-likeness (QED) is 0.620. The molecule has 2 fully saturated rings. The molecule has 3 aliphatic rings. The number of likely N-dealkylation sites (tertiary alicyclic amines) is 1. The van der Waals surface area contributed by atoms with Gasteiger partial charge in [-0.1, -0.05) is 68.1 Å². The van der Waals surface area contributed by atoms with Crippen molar-refractivity contribution in [2.75, 3.05) is 19.6 Å². The smallest absolute Gasteiger partial charge is 0.234 e. The fourth-order valence-corrected chi connectivity index (χ4v) is 7.01. The molecule has 1 saturated heterocycles. The summed E-state index contributed by atoms with van der Waals surface area (Å²) in [5, 5.41) is 3.70. The van der Waals surface area contributed by atoms with Crippen LogP contribution < -0.4 is 11.1 Å². The molecule has 34 heavy (non-hydrogen) atoms. The van der Waals surface area contributed by atoms with Crippen molar-refractivity contribution in [1.82, 2.24) is 10.2 Å². The van der Waals surface area contributed by atoms with Crippen LogP contribution in [0.1, 0.15) is 85.1 Å². The van der Waals surface area contributed by atoms with Gasteiger partial charge in [-0.05, 0) is 72.3 Å². The monoisotopic (exact) mass is 459 g/mol. The molecule has 4 heteroatoms. The van der Waals surface area contributed by atoms with Gasteiger partial charge in [0.1, 0.15) is 0 Å². The number of rotatable bonds is 4. The van der Waals surface area contributed by atoms with Gasteiger partial charge in [0.05, 0.1) is 5.41 Å². The van der Waals surface area contributed by atoms with Crippen molar-refractivity contribution < 1.29 is 4.79 Å². The van der Waals surface area contributed by atoms with E-state index in [-0.39, 0.29) is 0 Å². The minimum Gasteiger partial charge on any atom is -0.342 e. The fourth-order valence-electron chi connectivity index (χ4n) is 7.01. The Labute approximate surface area is 205 Å². The summed E-state index contributed by atoms with van der Waals surface area (Å²) >= 11 is 0. The van der Waals surface area contributed by atoms with Gasteiger partial charge in [0.25, 0.3) is 0 Å². The van der Waals surface area contributed by atoms with Crippen LogP contribution in [0.25, 0.3) is 0 Å². The molecule has 1 aliphatic carbocycles. The van der Waals surface area contributed by atoms with E-state index in [2.05, 4.69) is 59.6 Å². The molecule has 2 aromatic carbocycles. The van der Waals surface area contributed by atoms with Gasteiger partial charge in [-0.15, -0.1) is 0 Å². The van der Waals surface area contributed by atoms with Crippen LogP contribution >= 0.6 is 0 Å². The minimum absolute atomic E-state index is 0.382. The van der Waals surface area contributed by atoms with Gasteiger partial charge in [0.2, 0.25) is 5.91 Å². The predicted octanol–water partition coefficient (Wildman–Crippen LogP) is 5.17. The van der Waals surface area contributed by atoms with E-state index < -0.39 is 5.41 Å². The molecule has 182 valence electrons. The third kappa shape index (κ3) is 4.31. The molecule has 2 aromatic rings. The molecule has 2 aliphatic heterocycles. The van der Waals surface area contributed by atoms with Gasteiger partial charge in [0, 0.05) is 32.7 Å². The van der Waals surface area contributed by atoms with Crippen molar-refractivity contribution in [3.8, 4) is 0 Å². The number of fused-ring (bicyclic) bond motifs is 1. The largest absolute Gasteiger partial charge is 0.342 e. The van der Waals surface area contributed by atoms with E-state index in [0.29, 0.717) is 24.3 Å². The van der Waals surface area contributed by atoms with Gasteiger partial charge in [-0.25, -0.2) is 0 Å². The maximum Gasteiger partial charge on any atom is 0.234 e. The lowest BCUT2D eigenvalue weighted by atomic mass is 9.63. The molecule has 0 radical (unpaired) electrons. The third-order valence-electron chi connectivity index (χ3n) is 8.97. The summed E-state index contributed by atoms with van der Waals surface area (Å²) in [4.78, 5) is 16.8. The van der Waals surface area contributed by atoms with E-state index >= 15 is 0 Å². The summed E-state index contributed by atoms with van der Waals surface area (Å²) in [5.74, 6) is 1.32. The third-order valence-corrected chi connectivity index (χ3v) is 8.97. The zero-order chi connectivity index (χ0) is 23.5. The number of benzene rings is 2. The molecular formula is C30H41N3O. The fraction of sp³-hybridized carbons (Fsp3) is 0.567. The summed E-state index contributed by atoms with van der Waals surface area (Å²) < 4.78 is 0. The molecule has 5 rings (SSSR count). The Balaban J connectivity index is 1.43. The highest BCUT2D eigenvalue weighted by Crippen LogP contribution is 2.46. The van der Waals surface area contributed by atoms with Crippen molar-refractivity contribution in [2.24, 2.45) is 11.7 Å². The van der Waals surface area contributed by atoms with Crippen LogP contribution in [0.2, 0.25) is 0 Å². The number of aryl methyl sites for hydroxylation is 1. The average Bonchev–Trinajstić information content (AvgIpc) is 3.18. The number of nitrogens with one attached hydrogen (secondary N) is 1. The van der Waals surface area contributed by atoms with E-state index in [1.807, 2.05) is 0 Å². The first kappa shape index (κ1) is 23.6. The second-order valence-electron chi connectivity index (χ2n) is 10.9. The predicted molar refractivity (Wildman–Crippen MR) is 139 cm³/mol. The number of piperidine rings is 1. The molecule has 0 spiro atoms. The number of hydrogen-bond acceptors (Lipinski definition) is 3. The zero-order valence-electron chi connectivity index (χ0n) is 20.8. The average molecular weight is 460 g/mol. The first-order valence-electron chi connectivity index (χ1n) is 13.5. The normalized spacial score (nSPS) is 24.5. The van der Waals surface area contributed by atoms with Crippen LogP contribution in [0.3, 0.4) is 0 Å². The molecule has 0 bridgehead atoms. The number of carbonyl (C=O) groups excluding carboxylic acids is 1. The Hall–Kier alpha value is -2.17. The van der Waals surface area contributed by atoms with Gasteiger partial charge in [-0.3, -0.25) is 4.79 Å². The van der Waals surface area contributed by atoms with Crippen LogP contribution in [-0.2, 0) is 23.3 Å². The lowest BCUT2D eigenvalue weighted by molar-refractivity contribution is -0.141. The molecule has 0 aromatic heterocycles. The molecule has 2 heterocycles. The summed E-state index contributed by atoms with van der Waals surface area (Å²) in [5.41, 5.74) is 12.0.